The van der Waals surface area contributed by atoms with E-state index in [0.29, 0.717) is 0 Å². The van der Waals surface area contributed by atoms with Gasteiger partial charge >= 0.3 is 0 Å². The van der Waals surface area contributed by atoms with Crippen molar-refractivity contribution in [1.82, 2.24) is 5.32 Å². The Labute approximate surface area is 79.0 Å². The highest BCUT2D eigenvalue weighted by atomic mass is 16.1. The van der Waals surface area contributed by atoms with Crippen LogP contribution in [-0.4, -0.2) is 12.3 Å². The van der Waals surface area contributed by atoms with Gasteiger partial charge in [-0.05, 0) is 13.0 Å². The molecule has 1 N–H and O–H groups in total. The molecule has 0 aromatic rings. The smallest absolute Gasteiger partial charge is 0.169 e. The highest BCUT2D eigenvalue weighted by Crippen LogP contribution is 2.16. The second kappa shape index (κ2) is 4.08. The molecule has 0 spiro atoms. The summed E-state index contributed by atoms with van der Waals surface area (Å²) in [5, 5.41) is 3.19. The van der Waals surface area contributed by atoms with Gasteiger partial charge in [0.1, 0.15) is 0 Å². The van der Waals surface area contributed by atoms with Gasteiger partial charge in [-0.15, -0.1) is 0 Å². The van der Waals surface area contributed by atoms with Crippen LogP contribution in [0.2, 0.25) is 0 Å². The first-order valence-electron chi connectivity index (χ1n) is 4.45. The number of rotatable bonds is 2. The van der Waals surface area contributed by atoms with E-state index in [0.717, 1.165) is 17.8 Å². The van der Waals surface area contributed by atoms with Crippen molar-refractivity contribution in [3.05, 3.63) is 36.1 Å². The van der Waals surface area contributed by atoms with Crippen LogP contribution in [0.4, 0.5) is 0 Å². The number of ketones is 1. The van der Waals surface area contributed by atoms with Gasteiger partial charge in [-0.1, -0.05) is 25.7 Å². The summed E-state index contributed by atoms with van der Waals surface area (Å²) >= 11 is 0. The van der Waals surface area contributed by atoms with Gasteiger partial charge in [0.15, 0.2) is 5.78 Å². The number of hydrogen-bond acceptors (Lipinski definition) is 2. The van der Waals surface area contributed by atoms with Crippen LogP contribution in [0.3, 0.4) is 0 Å². The van der Waals surface area contributed by atoms with Gasteiger partial charge in [-0.25, -0.2) is 0 Å². The summed E-state index contributed by atoms with van der Waals surface area (Å²) in [5.74, 6) is 0.294. The largest absolute Gasteiger partial charge is 0.387 e. The zero-order valence-electron chi connectivity index (χ0n) is 8.13. The molecule has 0 amide bonds. The van der Waals surface area contributed by atoms with E-state index in [-0.39, 0.29) is 11.7 Å². The second-order valence-electron chi connectivity index (χ2n) is 3.28. The summed E-state index contributed by atoms with van der Waals surface area (Å²) in [6, 6.07) is 0. The van der Waals surface area contributed by atoms with E-state index < -0.39 is 0 Å². The van der Waals surface area contributed by atoms with Gasteiger partial charge in [-0.2, -0.15) is 0 Å². The van der Waals surface area contributed by atoms with Gasteiger partial charge in [0.05, 0.1) is 0 Å². The van der Waals surface area contributed by atoms with E-state index >= 15 is 0 Å². The number of hydrogen-bond donors (Lipinski definition) is 1. The van der Waals surface area contributed by atoms with Crippen LogP contribution in [-0.2, 0) is 4.79 Å². The van der Waals surface area contributed by atoms with Crippen LogP contribution < -0.4 is 5.32 Å². The maximum atomic E-state index is 11.7. The van der Waals surface area contributed by atoms with Crippen LogP contribution in [0.15, 0.2) is 36.1 Å². The van der Waals surface area contributed by atoms with Gasteiger partial charge in [0.25, 0.3) is 0 Å². The zero-order valence-corrected chi connectivity index (χ0v) is 8.13. The van der Waals surface area contributed by atoms with Crippen molar-refractivity contribution >= 4 is 5.78 Å². The summed E-state index contributed by atoms with van der Waals surface area (Å²) in [5.41, 5.74) is 1.74. The molecular formula is C11H15NO. The Bertz CT molecular complexity index is 286. The number of carbonyl (C=O) groups is 1. The predicted molar refractivity (Wildman–Crippen MR) is 54.2 cm³/mol. The monoisotopic (exact) mass is 177 g/mol. The molecule has 0 saturated heterocycles. The topological polar surface area (TPSA) is 29.1 Å². The fourth-order valence-electron chi connectivity index (χ4n) is 1.32. The lowest BCUT2D eigenvalue weighted by atomic mass is 9.94. The average Bonchev–Trinajstić information content (AvgIpc) is 2.12. The third-order valence-electron chi connectivity index (χ3n) is 2.19. The normalized spacial score (nSPS) is 23.5. The lowest BCUT2D eigenvalue weighted by molar-refractivity contribution is -0.118. The summed E-state index contributed by atoms with van der Waals surface area (Å²) in [6.45, 7) is 8.18. The van der Waals surface area contributed by atoms with E-state index in [1.165, 1.54) is 0 Å². The molecule has 13 heavy (non-hydrogen) atoms. The van der Waals surface area contributed by atoms with Crippen LogP contribution in [0.25, 0.3) is 0 Å². The fraction of sp³-hybridized carbons (Fsp3) is 0.364. The number of Topliss-reactive ketones (excluding diaryl/α,β-unsaturated/α-hetero) is 1. The highest BCUT2D eigenvalue weighted by Gasteiger charge is 2.22. The molecule has 1 heterocycles. The lowest BCUT2D eigenvalue weighted by Crippen LogP contribution is -2.33. The molecule has 1 atom stereocenters. The van der Waals surface area contributed by atoms with Crippen molar-refractivity contribution in [2.24, 2.45) is 5.92 Å². The van der Waals surface area contributed by atoms with Crippen molar-refractivity contribution < 1.29 is 4.79 Å². The SMILES string of the molecule is C=C/C=C\C1=C(C)NCC(C)C1=O. The molecule has 70 valence electrons. The van der Waals surface area contributed by atoms with E-state index in [1.54, 1.807) is 12.2 Å². The van der Waals surface area contributed by atoms with Crippen molar-refractivity contribution in [1.29, 1.82) is 0 Å². The van der Waals surface area contributed by atoms with E-state index in [9.17, 15) is 4.79 Å². The predicted octanol–water partition coefficient (Wildman–Crippen LogP) is 1.81. The summed E-state index contributed by atoms with van der Waals surface area (Å²) in [6.07, 6.45) is 5.27. The van der Waals surface area contributed by atoms with Crippen molar-refractivity contribution in [2.75, 3.05) is 6.54 Å². The first kappa shape index (κ1) is 9.78. The van der Waals surface area contributed by atoms with E-state index in [2.05, 4.69) is 11.9 Å². The van der Waals surface area contributed by atoms with Crippen LogP contribution in [0.5, 0.6) is 0 Å². The van der Waals surface area contributed by atoms with Gasteiger partial charge < -0.3 is 5.32 Å². The molecule has 1 rings (SSSR count). The molecule has 1 unspecified atom stereocenters. The first-order chi connectivity index (χ1) is 6.16. The molecular weight excluding hydrogens is 162 g/mol. The quantitative estimate of drug-likeness (QED) is 0.652. The summed E-state index contributed by atoms with van der Waals surface area (Å²) in [7, 11) is 0. The Morgan fingerprint density at radius 2 is 2.31 bits per heavy atom. The van der Waals surface area contributed by atoms with E-state index in [1.807, 2.05) is 19.9 Å². The third kappa shape index (κ3) is 2.08. The molecule has 2 heteroatoms. The minimum atomic E-state index is 0.0770. The summed E-state index contributed by atoms with van der Waals surface area (Å²) < 4.78 is 0. The minimum absolute atomic E-state index is 0.0770. The Hall–Kier alpha value is -1.31. The van der Waals surface area contributed by atoms with Gasteiger partial charge in [0, 0.05) is 23.7 Å². The third-order valence-corrected chi connectivity index (χ3v) is 2.19. The fourth-order valence-corrected chi connectivity index (χ4v) is 1.32. The number of nitrogens with one attached hydrogen (secondary N) is 1. The average molecular weight is 177 g/mol. The Kier molecular flexibility index (Phi) is 3.07. The maximum Gasteiger partial charge on any atom is 0.169 e. The zero-order chi connectivity index (χ0) is 9.84. The Balaban J connectivity index is 2.94. The standard InChI is InChI=1S/C11H15NO/c1-4-5-6-10-9(3)12-7-8(2)11(10)13/h4-6,8,12H,1,7H2,2-3H3/b6-5-. The second-order valence-corrected chi connectivity index (χ2v) is 3.28. The van der Waals surface area contributed by atoms with Crippen molar-refractivity contribution in [3.63, 3.8) is 0 Å². The molecule has 0 saturated carbocycles. The number of carbonyl (C=O) groups excluding carboxylic acids is 1. The summed E-state index contributed by atoms with van der Waals surface area (Å²) in [4.78, 5) is 11.7. The molecule has 2 nitrogen and oxygen atoms in total. The molecule has 0 fully saturated rings. The highest BCUT2D eigenvalue weighted by molar-refractivity contribution is 6.01. The Morgan fingerprint density at radius 3 is 2.92 bits per heavy atom. The Morgan fingerprint density at radius 1 is 1.62 bits per heavy atom. The van der Waals surface area contributed by atoms with Crippen LogP contribution in [0, 0.1) is 5.92 Å². The van der Waals surface area contributed by atoms with E-state index in [4.69, 9.17) is 0 Å². The molecule has 0 aromatic heterocycles. The molecule has 1 aliphatic rings. The molecule has 1 aliphatic heterocycles. The van der Waals surface area contributed by atoms with Crippen molar-refractivity contribution in [2.45, 2.75) is 13.8 Å². The maximum absolute atomic E-state index is 11.7. The van der Waals surface area contributed by atoms with Crippen molar-refractivity contribution in [3.8, 4) is 0 Å². The van der Waals surface area contributed by atoms with Crippen LogP contribution >= 0.6 is 0 Å². The molecule has 0 radical (unpaired) electrons. The van der Waals surface area contributed by atoms with Gasteiger partial charge in [0.2, 0.25) is 0 Å². The molecule has 0 aliphatic carbocycles. The lowest BCUT2D eigenvalue weighted by Gasteiger charge is -2.21. The molecule has 0 aromatic carbocycles. The molecule has 0 bridgehead atoms. The number of allylic oxidation sites excluding steroid dienone is 5. The first-order valence-corrected chi connectivity index (χ1v) is 4.45. The van der Waals surface area contributed by atoms with Gasteiger partial charge in [-0.3, -0.25) is 4.79 Å². The minimum Gasteiger partial charge on any atom is -0.387 e. The van der Waals surface area contributed by atoms with Crippen LogP contribution in [0.1, 0.15) is 13.8 Å².